The van der Waals surface area contributed by atoms with Crippen LogP contribution in [0.2, 0.25) is 0 Å². The molecule has 0 spiro atoms. The van der Waals surface area contributed by atoms with Gasteiger partial charge in [0.25, 0.3) is 0 Å². The molecule has 0 bridgehead atoms. The molecule has 0 aromatic rings. The first-order valence-corrected chi connectivity index (χ1v) is 10.9. The van der Waals surface area contributed by atoms with Gasteiger partial charge in [-0.2, -0.15) is 0 Å². The number of aliphatic carboxylic acids is 2. The van der Waals surface area contributed by atoms with Gasteiger partial charge >= 0.3 is 11.9 Å². The summed E-state index contributed by atoms with van der Waals surface area (Å²) in [6.07, 6.45) is 6.24. The van der Waals surface area contributed by atoms with Gasteiger partial charge in [-0.15, -0.1) is 0 Å². The van der Waals surface area contributed by atoms with Crippen LogP contribution in [0.5, 0.6) is 0 Å². The van der Waals surface area contributed by atoms with Gasteiger partial charge in [0.2, 0.25) is 0 Å². The minimum absolute atomic E-state index is 0.00161. The van der Waals surface area contributed by atoms with E-state index in [4.69, 9.17) is 0 Å². The second kappa shape index (κ2) is 6.93. The second-order valence-electron chi connectivity index (χ2n) is 10.3. The van der Waals surface area contributed by atoms with Crippen LogP contribution < -0.4 is 0 Å². The molecule has 4 aliphatic carbocycles. The van der Waals surface area contributed by atoms with Gasteiger partial charge in [0, 0.05) is 18.4 Å². The molecule has 4 aliphatic rings. The van der Waals surface area contributed by atoms with E-state index in [2.05, 4.69) is 6.92 Å². The van der Waals surface area contributed by atoms with Crippen LogP contribution in [-0.2, 0) is 14.4 Å². The summed E-state index contributed by atoms with van der Waals surface area (Å²) in [4.78, 5) is 36.7. The van der Waals surface area contributed by atoms with Crippen molar-refractivity contribution in [1.29, 1.82) is 0 Å². The molecule has 0 heterocycles. The first kappa shape index (κ1) is 20.6. The Balaban J connectivity index is 1.80. The maximum atomic E-state index is 12.3. The van der Waals surface area contributed by atoms with E-state index in [1.807, 2.05) is 6.92 Å². The van der Waals surface area contributed by atoms with Gasteiger partial charge in [0.1, 0.15) is 0 Å². The lowest BCUT2D eigenvalue weighted by Gasteiger charge is -2.61. The van der Waals surface area contributed by atoms with E-state index < -0.39 is 29.2 Å². The average molecular weight is 405 g/mol. The summed E-state index contributed by atoms with van der Waals surface area (Å²) in [7, 11) is 0. The molecule has 6 nitrogen and oxygen atoms in total. The summed E-state index contributed by atoms with van der Waals surface area (Å²) in [6.45, 7) is 4.38. The Morgan fingerprint density at radius 3 is 2.41 bits per heavy atom. The Morgan fingerprint density at radius 1 is 1.07 bits per heavy atom. The molecule has 3 fully saturated rings. The normalized spacial score (nSPS) is 46.3. The van der Waals surface area contributed by atoms with Gasteiger partial charge in [-0.05, 0) is 73.7 Å². The Labute approximate surface area is 171 Å². The van der Waals surface area contributed by atoms with E-state index in [0.29, 0.717) is 5.92 Å². The van der Waals surface area contributed by atoms with Crippen molar-refractivity contribution in [2.45, 2.75) is 58.8 Å². The fourth-order valence-electron chi connectivity index (χ4n) is 7.98. The molecule has 0 aromatic carbocycles. The first-order chi connectivity index (χ1) is 13.6. The van der Waals surface area contributed by atoms with E-state index in [1.54, 1.807) is 6.08 Å². The molecule has 4 rings (SSSR count). The fourth-order valence-corrected chi connectivity index (χ4v) is 7.98. The number of fused-ring (bicyclic) bond motifs is 5. The van der Waals surface area contributed by atoms with Crippen molar-refractivity contribution in [1.82, 2.24) is 0 Å². The summed E-state index contributed by atoms with van der Waals surface area (Å²) < 4.78 is 0. The maximum Gasteiger partial charge on any atom is 0.307 e. The number of carboxylic acid groups (broad SMARTS) is 2. The number of rotatable bonds is 4. The van der Waals surface area contributed by atoms with Crippen LogP contribution in [0.25, 0.3) is 0 Å². The SMILES string of the molecule is C[C@]12CC[C@H]3[C@@H](C(C(=O)O)CC4=CC(=O)CC(C(=O)O)[C@@]43C)[C@@H]1CC[C@@H]2CCO. The Morgan fingerprint density at radius 2 is 1.79 bits per heavy atom. The quantitative estimate of drug-likeness (QED) is 0.664. The molecule has 2 unspecified atom stereocenters. The molecule has 0 aliphatic heterocycles. The van der Waals surface area contributed by atoms with Crippen LogP contribution >= 0.6 is 0 Å². The highest BCUT2D eigenvalue weighted by Crippen LogP contribution is 2.69. The molecule has 3 N–H and O–H groups in total. The molecule has 0 aromatic heterocycles. The highest BCUT2D eigenvalue weighted by Gasteiger charge is 2.64. The third-order valence-electron chi connectivity index (χ3n) is 9.45. The number of carbonyl (C=O) groups excluding carboxylic acids is 1. The van der Waals surface area contributed by atoms with Crippen molar-refractivity contribution in [3.8, 4) is 0 Å². The van der Waals surface area contributed by atoms with Crippen LogP contribution in [0.1, 0.15) is 58.8 Å². The monoisotopic (exact) mass is 404 g/mol. The number of aliphatic hydroxyl groups excluding tert-OH is 1. The van der Waals surface area contributed by atoms with E-state index in [0.717, 1.165) is 37.7 Å². The van der Waals surface area contributed by atoms with Crippen molar-refractivity contribution in [3.05, 3.63) is 11.6 Å². The van der Waals surface area contributed by atoms with Gasteiger partial charge in [0.05, 0.1) is 11.8 Å². The lowest BCUT2D eigenvalue weighted by Crippen LogP contribution is -2.58. The largest absolute Gasteiger partial charge is 0.481 e. The Hall–Kier alpha value is -1.69. The van der Waals surface area contributed by atoms with Gasteiger partial charge < -0.3 is 15.3 Å². The number of hydrogen-bond acceptors (Lipinski definition) is 4. The number of aliphatic hydroxyl groups is 1. The number of hydrogen-bond donors (Lipinski definition) is 3. The number of carboxylic acids is 2. The maximum absolute atomic E-state index is 12.3. The topological polar surface area (TPSA) is 112 Å². The standard InChI is InChI=1S/C23H32O6/c1-22-7-5-17-19(16(22)4-3-12(22)6-8-24)15(20(26)27)10-13-9-14(25)11-18(21(28)29)23(13,17)2/h9,12,15-19,24H,3-8,10-11H2,1-2H3,(H,26,27)(H,28,29)/t12-,15?,16+,17+,18?,19+,22-,23+/m1/s1. The van der Waals surface area contributed by atoms with E-state index in [-0.39, 0.29) is 48.4 Å². The van der Waals surface area contributed by atoms with Crippen molar-refractivity contribution in [2.75, 3.05) is 6.61 Å². The van der Waals surface area contributed by atoms with E-state index in [9.17, 15) is 29.7 Å². The summed E-state index contributed by atoms with van der Waals surface area (Å²) >= 11 is 0. The smallest absolute Gasteiger partial charge is 0.307 e. The zero-order valence-corrected chi connectivity index (χ0v) is 17.3. The van der Waals surface area contributed by atoms with Gasteiger partial charge in [-0.3, -0.25) is 14.4 Å². The highest BCUT2D eigenvalue weighted by atomic mass is 16.4. The molecule has 29 heavy (non-hydrogen) atoms. The summed E-state index contributed by atoms with van der Waals surface area (Å²) in [5.74, 6) is -2.83. The summed E-state index contributed by atoms with van der Waals surface area (Å²) in [6, 6.07) is 0. The Bertz CT molecular complexity index is 771. The molecule has 160 valence electrons. The predicted molar refractivity (Wildman–Crippen MR) is 105 cm³/mol. The van der Waals surface area contributed by atoms with Crippen molar-refractivity contribution < 1.29 is 29.7 Å². The third kappa shape index (κ3) is 2.82. The molecule has 0 amide bonds. The minimum Gasteiger partial charge on any atom is -0.481 e. The molecule has 8 atom stereocenters. The fraction of sp³-hybridized carbons (Fsp3) is 0.783. The second-order valence-corrected chi connectivity index (χ2v) is 10.3. The number of carbonyl (C=O) groups is 3. The zero-order chi connectivity index (χ0) is 21.1. The predicted octanol–water partition coefficient (Wildman–Crippen LogP) is 3.14. The van der Waals surface area contributed by atoms with Gasteiger partial charge in [-0.25, -0.2) is 0 Å². The Kier molecular flexibility index (Phi) is 4.92. The summed E-state index contributed by atoms with van der Waals surface area (Å²) in [5, 5.41) is 29.6. The van der Waals surface area contributed by atoms with Crippen molar-refractivity contribution in [3.63, 3.8) is 0 Å². The molecule has 6 heteroatoms. The van der Waals surface area contributed by atoms with Crippen molar-refractivity contribution >= 4 is 17.7 Å². The van der Waals surface area contributed by atoms with Crippen LogP contribution in [0.3, 0.4) is 0 Å². The van der Waals surface area contributed by atoms with Gasteiger partial charge in [0.15, 0.2) is 5.78 Å². The molecular weight excluding hydrogens is 372 g/mol. The third-order valence-corrected chi connectivity index (χ3v) is 9.45. The summed E-state index contributed by atoms with van der Waals surface area (Å²) in [5.41, 5.74) is 0.0776. The first-order valence-electron chi connectivity index (χ1n) is 10.9. The lowest BCUT2D eigenvalue weighted by molar-refractivity contribution is -0.165. The molecule has 0 saturated heterocycles. The van der Waals surface area contributed by atoms with Crippen LogP contribution in [0.4, 0.5) is 0 Å². The number of allylic oxidation sites excluding steroid dienone is 1. The van der Waals surface area contributed by atoms with E-state index in [1.165, 1.54) is 0 Å². The van der Waals surface area contributed by atoms with Crippen LogP contribution in [-0.4, -0.2) is 39.6 Å². The lowest BCUT2D eigenvalue weighted by atomic mass is 9.42. The number of ketones is 1. The molecule has 0 radical (unpaired) electrons. The van der Waals surface area contributed by atoms with E-state index >= 15 is 0 Å². The van der Waals surface area contributed by atoms with Gasteiger partial charge in [-0.1, -0.05) is 19.4 Å². The van der Waals surface area contributed by atoms with Crippen LogP contribution in [0.15, 0.2) is 11.6 Å². The zero-order valence-electron chi connectivity index (χ0n) is 17.3. The highest BCUT2D eigenvalue weighted by molar-refractivity contribution is 5.95. The van der Waals surface area contributed by atoms with Crippen molar-refractivity contribution in [2.24, 2.45) is 46.3 Å². The van der Waals surface area contributed by atoms with Crippen LogP contribution in [0, 0.1) is 46.3 Å². The minimum atomic E-state index is -0.947. The molecular formula is C23H32O6. The average Bonchev–Trinajstić information content (AvgIpc) is 2.98. The molecule has 3 saturated carbocycles.